The Morgan fingerprint density at radius 1 is 0.969 bits per heavy atom. The lowest BCUT2D eigenvalue weighted by atomic mass is 9.96. The van der Waals surface area contributed by atoms with Crippen LogP contribution < -0.4 is 15.8 Å². The molecule has 2 aromatic carbocycles. The summed E-state index contributed by atoms with van der Waals surface area (Å²) in [6.45, 7) is 0. The molecule has 0 spiro atoms. The number of aromatic nitrogens is 2. The van der Waals surface area contributed by atoms with E-state index in [1.807, 2.05) is 60.7 Å². The number of hydrogen-bond donors (Lipinski definition) is 2. The van der Waals surface area contributed by atoms with Crippen molar-refractivity contribution in [1.82, 2.24) is 9.97 Å². The molecule has 1 amide bonds. The number of nitrogens with zero attached hydrogens (tertiary/aromatic N) is 3. The molecule has 7 heteroatoms. The first kappa shape index (κ1) is 20.6. The zero-order valence-corrected chi connectivity index (χ0v) is 17.0. The smallest absolute Gasteiger partial charge is 0.254 e. The molecule has 4 aromatic rings. The van der Waals surface area contributed by atoms with Gasteiger partial charge in [-0.05, 0) is 54.1 Å². The van der Waals surface area contributed by atoms with Crippen molar-refractivity contribution in [2.24, 2.45) is 5.73 Å². The fourth-order valence-corrected chi connectivity index (χ4v) is 3.14. The van der Waals surface area contributed by atoms with Gasteiger partial charge in [0.1, 0.15) is 23.0 Å². The maximum atomic E-state index is 11.9. The summed E-state index contributed by atoms with van der Waals surface area (Å²) in [6.07, 6.45) is 1.70. The Kier molecular flexibility index (Phi) is 6.05. The van der Waals surface area contributed by atoms with Crippen molar-refractivity contribution in [3.63, 3.8) is 0 Å². The van der Waals surface area contributed by atoms with Crippen molar-refractivity contribution in [3.05, 3.63) is 108 Å². The molecule has 4 rings (SSSR count). The number of pyridine rings is 2. The summed E-state index contributed by atoms with van der Waals surface area (Å²) in [6, 6.07) is 27.4. The standard InChI is InChI=1S/C25H19N5O2/c26-16-21(17-6-2-1-3-7-17)22-14-13-20(24(27)31)25(30-22)32-19-11-9-18(10-12-19)29-23-8-4-5-15-28-23/h1-15,21H,(H2,27,31)(H,28,29). The normalized spacial score (nSPS) is 11.2. The second-order valence-electron chi connectivity index (χ2n) is 6.89. The lowest BCUT2D eigenvalue weighted by Crippen LogP contribution is -2.14. The van der Waals surface area contributed by atoms with Gasteiger partial charge in [-0.25, -0.2) is 9.97 Å². The average molecular weight is 421 g/mol. The van der Waals surface area contributed by atoms with Crippen molar-refractivity contribution >= 4 is 17.4 Å². The first-order chi connectivity index (χ1) is 15.6. The summed E-state index contributed by atoms with van der Waals surface area (Å²) in [5.41, 5.74) is 7.72. The van der Waals surface area contributed by atoms with Crippen LogP contribution in [0.4, 0.5) is 11.5 Å². The van der Waals surface area contributed by atoms with E-state index >= 15 is 0 Å². The highest BCUT2D eigenvalue weighted by atomic mass is 16.5. The number of benzene rings is 2. The predicted octanol–water partition coefficient (Wildman–Crippen LogP) is 4.77. The molecule has 3 N–H and O–H groups in total. The largest absolute Gasteiger partial charge is 0.438 e. The molecule has 0 aliphatic heterocycles. The molecule has 2 heterocycles. The summed E-state index contributed by atoms with van der Waals surface area (Å²) in [5.74, 6) is -0.0327. The molecule has 156 valence electrons. The second kappa shape index (κ2) is 9.41. The van der Waals surface area contributed by atoms with Crippen LogP contribution in [0.3, 0.4) is 0 Å². The Bertz CT molecular complexity index is 1250. The Hall–Kier alpha value is -4.70. The molecule has 0 aliphatic rings. The van der Waals surface area contributed by atoms with Gasteiger partial charge in [0, 0.05) is 11.9 Å². The maximum Gasteiger partial charge on any atom is 0.254 e. The Labute approximate surface area is 185 Å². The van der Waals surface area contributed by atoms with Crippen LogP contribution in [-0.2, 0) is 0 Å². The highest BCUT2D eigenvalue weighted by Gasteiger charge is 2.19. The van der Waals surface area contributed by atoms with Crippen molar-refractivity contribution in [2.45, 2.75) is 5.92 Å². The van der Waals surface area contributed by atoms with E-state index in [4.69, 9.17) is 10.5 Å². The van der Waals surface area contributed by atoms with Crippen molar-refractivity contribution in [3.8, 4) is 17.7 Å². The van der Waals surface area contributed by atoms with Gasteiger partial charge in [-0.15, -0.1) is 0 Å². The third-order valence-electron chi connectivity index (χ3n) is 4.71. The summed E-state index contributed by atoms with van der Waals surface area (Å²) in [5, 5.41) is 12.9. The number of anilines is 2. The number of nitrogens with one attached hydrogen (secondary N) is 1. The van der Waals surface area contributed by atoms with E-state index in [1.54, 1.807) is 24.4 Å². The first-order valence-electron chi connectivity index (χ1n) is 9.85. The highest BCUT2D eigenvalue weighted by Crippen LogP contribution is 2.29. The number of primary amides is 1. The summed E-state index contributed by atoms with van der Waals surface area (Å²) < 4.78 is 5.88. The van der Waals surface area contributed by atoms with Gasteiger partial charge in [-0.2, -0.15) is 5.26 Å². The number of nitrogens with two attached hydrogens (primary N) is 1. The van der Waals surface area contributed by atoms with Crippen molar-refractivity contribution < 1.29 is 9.53 Å². The number of carbonyl (C=O) groups excluding carboxylic acids is 1. The average Bonchev–Trinajstić information content (AvgIpc) is 2.82. The fourth-order valence-electron chi connectivity index (χ4n) is 3.14. The van der Waals surface area contributed by atoms with E-state index in [-0.39, 0.29) is 11.4 Å². The number of ether oxygens (including phenoxy) is 1. The molecular weight excluding hydrogens is 402 g/mol. The van der Waals surface area contributed by atoms with E-state index in [9.17, 15) is 10.1 Å². The van der Waals surface area contributed by atoms with Gasteiger partial charge in [0.25, 0.3) is 5.91 Å². The second-order valence-corrected chi connectivity index (χ2v) is 6.89. The quantitative estimate of drug-likeness (QED) is 0.444. The predicted molar refractivity (Wildman–Crippen MR) is 121 cm³/mol. The third-order valence-corrected chi connectivity index (χ3v) is 4.71. The highest BCUT2D eigenvalue weighted by molar-refractivity contribution is 5.95. The van der Waals surface area contributed by atoms with Gasteiger partial charge >= 0.3 is 0 Å². The molecule has 1 atom stereocenters. The van der Waals surface area contributed by atoms with Crippen LogP contribution in [0.5, 0.6) is 11.6 Å². The number of carbonyl (C=O) groups is 1. The molecule has 32 heavy (non-hydrogen) atoms. The van der Waals surface area contributed by atoms with Crippen LogP contribution >= 0.6 is 0 Å². The molecule has 0 aliphatic carbocycles. The molecule has 2 aromatic heterocycles. The maximum absolute atomic E-state index is 11.9. The van der Waals surface area contributed by atoms with Crippen molar-refractivity contribution in [2.75, 3.05) is 5.32 Å². The van der Waals surface area contributed by atoms with Gasteiger partial charge < -0.3 is 15.8 Å². The molecule has 0 saturated carbocycles. The van der Waals surface area contributed by atoms with Crippen LogP contribution in [-0.4, -0.2) is 15.9 Å². The zero-order valence-electron chi connectivity index (χ0n) is 17.0. The lowest BCUT2D eigenvalue weighted by Gasteiger charge is -2.14. The van der Waals surface area contributed by atoms with Gasteiger partial charge in [-0.3, -0.25) is 4.79 Å². The number of nitriles is 1. The lowest BCUT2D eigenvalue weighted by molar-refractivity contribution is 0.0997. The molecule has 0 saturated heterocycles. The molecule has 1 unspecified atom stereocenters. The summed E-state index contributed by atoms with van der Waals surface area (Å²) in [4.78, 5) is 20.6. The topological polar surface area (TPSA) is 114 Å². The van der Waals surface area contributed by atoms with Gasteiger partial charge in [0.05, 0.1) is 11.8 Å². The van der Waals surface area contributed by atoms with Crippen LogP contribution in [0.25, 0.3) is 0 Å². The molecule has 0 radical (unpaired) electrons. The zero-order chi connectivity index (χ0) is 22.3. The molecule has 0 fully saturated rings. The van der Waals surface area contributed by atoms with Gasteiger partial charge in [0.2, 0.25) is 5.88 Å². The monoisotopic (exact) mass is 421 g/mol. The molecule has 0 bridgehead atoms. The van der Waals surface area contributed by atoms with Crippen LogP contribution in [0.2, 0.25) is 0 Å². The van der Waals surface area contributed by atoms with E-state index < -0.39 is 11.8 Å². The van der Waals surface area contributed by atoms with Gasteiger partial charge in [-0.1, -0.05) is 36.4 Å². The number of rotatable bonds is 7. The van der Waals surface area contributed by atoms with Gasteiger partial charge in [0.15, 0.2) is 0 Å². The van der Waals surface area contributed by atoms with E-state index in [1.165, 1.54) is 6.07 Å². The minimum absolute atomic E-state index is 0.0524. The van der Waals surface area contributed by atoms with Crippen molar-refractivity contribution in [1.29, 1.82) is 5.26 Å². The Morgan fingerprint density at radius 2 is 1.72 bits per heavy atom. The minimum atomic E-state index is -0.666. The van der Waals surface area contributed by atoms with Crippen LogP contribution in [0, 0.1) is 11.3 Å². The van der Waals surface area contributed by atoms with Crippen LogP contribution in [0.1, 0.15) is 27.5 Å². The number of hydrogen-bond acceptors (Lipinski definition) is 6. The third kappa shape index (κ3) is 4.71. The first-order valence-corrected chi connectivity index (χ1v) is 9.85. The SMILES string of the molecule is N#CC(c1ccccc1)c1ccc(C(N)=O)c(Oc2ccc(Nc3ccccn3)cc2)n1. The van der Waals surface area contributed by atoms with E-state index in [2.05, 4.69) is 21.4 Å². The summed E-state index contributed by atoms with van der Waals surface area (Å²) >= 11 is 0. The Balaban J connectivity index is 1.60. The molecule has 7 nitrogen and oxygen atoms in total. The van der Waals surface area contributed by atoms with E-state index in [0.29, 0.717) is 11.4 Å². The molecular formula is C25H19N5O2. The minimum Gasteiger partial charge on any atom is -0.438 e. The summed E-state index contributed by atoms with van der Waals surface area (Å²) in [7, 11) is 0. The van der Waals surface area contributed by atoms with E-state index in [0.717, 1.165) is 17.1 Å². The van der Waals surface area contributed by atoms with Crippen LogP contribution in [0.15, 0.2) is 91.1 Å². The Morgan fingerprint density at radius 3 is 2.38 bits per heavy atom. The fraction of sp³-hybridized carbons (Fsp3) is 0.0400. The number of amides is 1.